The zero-order valence-electron chi connectivity index (χ0n) is 15.8. The maximum atomic E-state index is 13.1. The van der Waals surface area contributed by atoms with E-state index in [0.29, 0.717) is 11.8 Å². The van der Waals surface area contributed by atoms with Gasteiger partial charge in [0, 0.05) is 18.5 Å². The quantitative estimate of drug-likeness (QED) is 0.651. The van der Waals surface area contributed by atoms with Crippen LogP contribution in [0.4, 0.5) is 0 Å². The summed E-state index contributed by atoms with van der Waals surface area (Å²) >= 11 is 1.56. The van der Waals surface area contributed by atoms with Gasteiger partial charge in [-0.2, -0.15) is 5.10 Å². The van der Waals surface area contributed by atoms with Gasteiger partial charge in [0.2, 0.25) is 0 Å². The number of carbonyl (C=O) groups excluding carboxylic acids is 1. The summed E-state index contributed by atoms with van der Waals surface area (Å²) in [5.74, 6) is 1.31. The van der Waals surface area contributed by atoms with Crippen LogP contribution in [-0.2, 0) is 0 Å². The molecule has 4 rings (SSSR count). The summed E-state index contributed by atoms with van der Waals surface area (Å²) in [7, 11) is 0. The lowest BCUT2D eigenvalue weighted by molar-refractivity contribution is 0.0628. The monoisotopic (exact) mass is 367 g/mol. The van der Waals surface area contributed by atoms with E-state index < -0.39 is 0 Å². The van der Waals surface area contributed by atoms with Crippen molar-refractivity contribution < 1.29 is 4.79 Å². The molecular weight excluding hydrogens is 342 g/mol. The van der Waals surface area contributed by atoms with Gasteiger partial charge in [-0.15, -0.1) is 11.3 Å². The van der Waals surface area contributed by atoms with Crippen LogP contribution in [-0.4, -0.2) is 33.7 Å². The number of likely N-dealkylation sites (tertiary alicyclic amines) is 1. The number of carbonyl (C=O) groups is 1. The Bertz CT molecular complexity index is 944. The number of rotatable bonds is 2. The van der Waals surface area contributed by atoms with Gasteiger partial charge in [-0.05, 0) is 50.3 Å². The second kappa shape index (κ2) is 6.54. The van der Waals surface area contributed by atoms with Crippen molar-refractivity contribution in [3.8, 4) is 5.69 Å². The van der Waals surface area contributed by atoms with Crippen molar-refractivity contribution in [3.05, 3.63) is 46.5 Å². The lowest BCUT2D eigenvalue weighted by atomic mass is 9.92. The highest BCUT2D eigenvalue weighted by Crippen LogP contribution is 2.32. The predicted molar refractivity (Wildman–Crippen MR) is 107 cm³/mol. The number of hydrogen-bond donors (Lipinski definition) is 0. The van der Waals surface area contributed by atoms with Crippen LogP contribution in [0.1, 0.15) is 41.2 Å². The van der Waals surface area contributed by atoms with Crippen molar-refractivity contribution in [1.29, 1.82) is 0 Å². The minimum atomic E-state index is 0.166. The minimum Gasteiger partial charge on any atom is -0.337 e. The van der Waals surface area contributed by atoms with E-state index in [2.05, 4.69) is 50.1 Å². The van der Waals surface area contributed by atoms with Crippen molar-refractivity contribution in [2.75, 3.05) is 13.1 Å². The number of fused-ring (bicyclic) bond motifs is 1. The summed E-state index contributed by atoms with van der Waals surface area (Å²) < 4.78 is 1.97. The number of hydrogen-bond acceptors (Lipinski definition) is 3. The summed E-state index contributed by atoms with van der Waals surface area (Å²) in [6, 6.07) is 10.4. The summed E-state index contributed by atoms with van der Waals surface area (Å²) in [4.78, 5) is 17.0. The second-order valence-corrected chi connectivity index (χ2v) is 8.85. The van der Waals surface area contributed by atoms with Crippen LogP contribution < -0.4 is 0 Å². The van der Waals surface area contributed by atoms with Crippen molar-refractivity contribution in [2.24, 2.45) is 11.8 Å². The van der Waals surface area contributed by atoms with Crippen molar-refractivity contribution in [2.45, 2.75) is 34.1 Å². The molecule has 0 spiro atoms. The molecule has 2 aromatic heterocycles. The van der Waals surface area contributed by atoms with Gasteiger partial charge in [0.05, 0.1) is 16.3 Å². The maximum Gasteiger partial charge on any atom is 0.264 e. The Morgan fingerprint density at radius 2 is 1.77 bits per heavy atom. The zero-order valence-corrected chi connectivity index (χ0v) is 16.6. The molecule has 1 aliphatic heterocycles. The van der Waals surface area contributed by atoms with Crippen molar-refractivity contribution in [3.63, 3.8) is 0 Å². The van der Waals surface area contributed by atoms with Gasteiger partial charge in [-0.25, -0.2) is 4.68 Å². The average Bonchev–Trinajstić information content (AvgIpc) is 3.15. The zero-order chi connectivity index (χ0) is 18.4. The van der Waals surface area contributed by atoms with Crippen LogP contribution in [0.2, 0.25) is 0 Å². The van der Waals surface area contributed by atoms with E-state index in [1.54, 1.807) is 11.3 Å². The number of amides is 1. The Kier molecular flexibility index (Phi) is 4.35. The molecule has 4 nitrogen and oxygen atoms in total. The first-order valence-corrected chi connectivity index (χ1v) is 10.1. The van der Waals surface area contributed by atoms with Crippen LogP contribution in [0.25, 0.3) is 15.9 Å². The highest BCUT2D eigenvalue weighted by atomic mass is 32.1. The van der Waals surface area contributed by atoms with E-state index in [1.165, 1.54) is 12.0 Å². The first kappa shape index (κ1) is 17.3. The number of nitrogens with zero attached hydrogens (tertiary/aromatic N) is 3. The van der Waals surface area contributed by atoms with E-state index in [-0.39, 0.29) is 5.91 Å². The lowest BCUT2D eigenvalue weighted by Crippen LogP contribution is -2.42. The summed E-state index contributed by atoms with van der Waals surface area (Å²) in [6.45, 7) is 10.3. The molecule has 0 radical (unpaired) electrons. The smallest absolute Gasteiger partial charge is 0.264 e. The van der Waals surface area contributed by atoms with Crippen LogP contribution in [0.15, 0.2) is 30.3 Å². The number of piperidine rings is 1. The number of aromatic nitrogens is 2. The van der Waals surface area contributed by atoms with Crippen LogP contribution >= 0.6 is 11.3 Å². The molecule has 1 saturated heterocycles. The molecule has 0 saturated carbocycles. The van der Waals surface area contributed by atoms with E-state index in [1.807, 2.05) is 22.6 Å². The Morgan fingerprint density at radius 3 is 2.42 bits per heavy atom. The van der Waals surface area contributed by atoms with Gasteiger partial charge >= 0.3 is 0 Å². The third kappa shape index (κ3) is 3.05. The van der Waals surface area contributed by atoms with E-state index >= 15 is 0 Å². The Labute approximate surface area is 158 Å². The largest absolute Gasteiger partial charge is 0.337 e. The molecule has 0 aliphatic carbocycles. The van der Waals surface area contributed by atoms with E-state index in [4.69, 9.17) is 0 Å². The fourth-order valence-corrected chi connectivity index (χ4v) is 5.15. The van der Waals surface area contributed by atoms with Crippen LogP contribution in [0.5, 0.6) is 0 Å². The minimum absolute atomic E-state index is 0.166. The first-order chi connectivity index (χ1) is 12.4. The van der Waals surface area contributed by atoms with Gasteiger partial charge in [0.15, 0.2) is 0 Å². The molecule has 136 valence electrons. The highest BCUT2D eigenvalue weighted by Gasteiger charge is 2.28. The Hall–Kier alpha value is -2.14. The Morgan fingerprint density at radius 1 is 1.12 bits per heavy atom. The standard InChI is InChI=1S/C21H25N3OS/c1-13-5-7-17(8-6-13)24-21-18(16(4)22-24)10-19(26-21)20(25)23-11-14(2)9-15(3)12-23/h5-8,10,14-15H,9,11-12H2,1-4H3/t14-,15+. The molecule has 0 N–H and O–H groups in total. The number of thiophene rings is 1. The summed E-state index contributed by atoms with van der Waals surface area (Å²) in [5.41, 5.74) is 3.23. The van der Waals surface area contributed by atoms with E-state index in [0.717, 1.165) is 39.6 Å². The third-order valence-corrected chi connectivity index (χ3v) is 6.29. The topological polar surface area (TPSA) is 38.1 Å². The highest BCUT2D eigenvalue weighted by molar-refractivity contribution is 7.20. The molecule has 5 heteroatoms. The van der Waals surface area contributed by atoms with Gasteiger partial charge in [-0.3, -0.25) is 4.79 Å². The summed E-state index contributed by atoms with van der Waals surface area (Å²) in [5, 5.41) is 5.77. The molecule has 3 heterocycles. The predicted octanol–water partition coefficient (Wildman–Crippen LogP) is 4.82. The number of aryl methyl sites for hydroxylation is 2. The average molecular weight is 368 g/mol. The summed E-state index contributed by atoms with van der Waals surface area (Å²) in [6.07, 6.45) is 1.21. The molecule has 1 aliphatic rings. The van der Waals surface area contributed by atoms with E-state index in [9.17, 15) is 4.79 Å². The van der Waals surface area contributed by atoms with Gasteiger partial charge < -0.3 is 4.90 Å². The Balaban J connectivity index is 1.70. The molecule has 2 atom stereocenters. The molecule has 1 amide bonds. The maximum absolute atomic E-state index is 13.1. The lowest BCUT2D eigenvalue weighted by Gasteiger charge is -2.34. The molecule has 1 fully saturated rings. The van der Waals surface area contributed by atoms with Gasteiger partial charge in [0.1, 0.15) is 4.83 Å². The molecule has 3 aromatic rings. The molecular formula is C21H25N3OS. The SMILES string of the molecule is Cc1ccc(-n2nc(C)c3cc(C(=O)N4C[C@H](C)C[C@H](C)C4)sc32)cc1. The van der Waals surface area contributed by atoms with Crippen molar-refractivity contribution in [1.82, 2.24) is 14.7 Å². The van der Waals surface area contributed by atoms with Crippen LogP contribution in [0.3, 0.4) is 0 Å². The van der Waals surface area contributed by atoms with Gasteiger partial charge in [0.25, 0.3) is 5.91 Å². The fourth-order valence-electron chi connectivity index (χ4n) is 4.00. The molecule has 1 aromatic carbocycles. The van der Waals surface area contributed by atoms with Gasteiger partial charge in [-0.1, -0.05) is 31.5 Å². The second-order valence-electron chi connectivity index (χ2n) is 7.82. The molecule has 26 heavy (non-hydrogen) atoms. The third-order valence-electron chi connectivity index (χ3n) is 5.19. The number of benzene rings is 1. The van der Waals surface area contributed by atoms with Crippen molar-refractivity contribution >= 4 is 27.5 Å². The first-order valence-electron chi connectivity index (χ1n) is 9.28. The fraction of sp³-hybridized carbons (Fsp3) is 0.429. The molecule has 0 unspecified atom stereocenters. The van der Waals surface area contributed by atoms with Crippen LogP contribution in [0, 0.1) is 25.7 Å². The molecule has 0 bridgehead atoms. The normalized spacial score (nSPS) is 20.7.